The fourth-order valence-electron chi connectivity index (χ4n) is 4.92. The zero-order valence-electron chi connectivity index (χ0n) is 31.7. The van der Waals surface area contributed by atoms with Crippen LogP contribution in [0.5, 0.6) is 28.7 Å². The Balaban J connectivity index is 1.05. The molecule has 0 bridgehead atoms. The molecule has 0 saturated heterocycles. The van der Waals surface area contributed by atoms with Gasteiger partial charge in [-0.2, -0.15) is 0 Å². The molecule has 0 fully saturated rings. The number of hydrogen-bond acceptors (Lipinski definition) is 15. The molecule has 15 nitrogen and oxygen atoms in total. The van der Waals surface area contributed by atoms with Crippen molar-refractivity contribution in [3.05, 3.63) is 174 Å². The van der Waals surface area contributed by atoms with Crippen molar-refractivity contribution in [2.45, 2.75) is 6.42 Å². The highest BCUT2D eigenvalue weighted by Crippen LogP contribution is 2.23. The lowest BCUT2D eigenvalue weighted by Crippen LogP contribution is -2.12. The van der Waals surface area contributed by atoms with Crippen LogP contribution in [0.3, 0.4) is 0 Å². The minimum Gasteiger partial charge on any atom is -0.462 e. The average molecular weight is 814 g/mol. The molecule has 0 aromatic heterocycles. The van der Waals surface area contributed by atoms with E-state index in [0.29, 0.717) is 29.0 Å². The van der Waals surface area contributed by atoms with Crippen molar-refractivity contribution in [1.29, 1.82) is 5.41 Å². The van der Waals surface area contributed by atoms with E-state index >= 15 is 0 Å². The predicted molar refractivity (Wildman–Crippen MR) is 213 cm³/mol. The molecule has 0 radical (unpaired) electrons. The van der Waals surface area contributed by atoms with Crippen molar-refractivity contribution in [3.63, 3.8) is 0 Å². The Bertz CT molecular complexity index is 2370. The van der Waals surface area contributed by atoms with E-state index in [1.807, 2.05) is 0 Å². The first-order valence-electron chi connectivity index (χ1n) is 17.8. The molecule has 0 aliphatic rings. The SMILES string of the molecule is C=CC(=O)OCOc1ccc(C(=O)Oc2ccc(C(=O)OCCc3ccc(OC(=O)c4ccc(OC(=O)c5ccc(OCOC(=O)C=C)cc5)cc4)c(C=N)c3)cc2)cc1. The molecule has 1 N–H and O–H groups in total. The summed E-state index contributed by atoms with van der Waals surface area (Å²) in [7, 11) is 0. The van der Waals surface area contributed by atoms with Gasteiger partial charge in [-0.3, -0.25) is 0 Å². The van der Waals surface area contributed by atoms with Crippen LogP contribution in [0.2, 0.25) is 0 Å². The fourth-order valence-corrected chi connectivity index (χ4v) is 4.92. The Labute approximate surface area is 342 Å². The molecule has 15 heteroatoms. The Morgan fingerprint density at radius 1 is 0.483 bits per heavy atom. The number of benzene rings is 5. The summed E-state index contributed by atoms with van der Waals surface area (Å²) < 4.78 is 41.7. The van der Waals surface area contributed by atoms with Gasteiger partial charge in [-0.15, -0.1) is 0 Å². The molecule has 0 heterocycles. The average Bonchev–Trinajstić information content (AvgIpc) is 3.27. The van der Waals surface area contributed by atoms with E-state index in [1.165, 1.54) is 103 Å². The van der Waals surface area contributed by atoms with Gasteiger partial charge in [0.05, 0.1) is 28.9 Å². The summed E-state index contributed by atoms with van der Waals surface area (Å²) in [6.07, 6.45) is 3.34. The predicted octanol–water partition coefficient (Wildman–Crippen LogP) is 6.87. The van der Waals surface area contributed by atoms with Crippen LogP contribution in [-0.4, -0.2) is 62.2 Å². The van der Waals surface area contributed by atoms with E-state index in [4.69, 9.17) is 43.3 Å². The summed E-state index contributed by atoms with van der Waals surface area (Å²) in [4.78, 5) is 73.0. The van der Waals surface area contributed by atoms with Gasteiger partial charge >= 0.3 is 35.8 Å². The molecule has 0 aliphatic carbocycles. The monoisotopic (exact) mass is 813 g/mol. The maximum absolute atomic E-state index is 12.9. The lowest BCUT2D eigenvalue weighted by atomic mass is 10.1. The highest BCUT2D eigenvalue weighted by molar-refractivity contribution is 5.94. The van der Waals surface area contributed by atoms with E-state index < -0.39 is 35.8 Å². The molecule has 0 amide bonds. The number of nitrogens with one attached hydrogen (secondary N) is 1. The molecule has 60 heavy (non-hydrogen) atoms. The third-order valence-corrected chi connectivity index (χ3v) is 8.02. The second kappa shape index (κ2) is 21.3. The summed E-state index contributed by atoms with van der Waals surface area (Å²) in [6, 6.07) is 28.3. The summed E-state index contributed by atoms with van der Waals surface area (Å²) in [6.45, 7) is 5.95. The molecule has 0 aliphatic heterocycles. The largest absolute Gasteiger partial charge is 0.462 e. The first kappa shape index (κ1) is 42.8. The maximum Gasteiger partial charge on any atom is 0.343 e. The lowest BCUT2D eigenvalue weighted by Gasteiger charge is -2.11. The second-order valence-corrected chi connectivity index (χ2v) is 12.0. The molecule has 5 aromatic carbocycles. The molecule has 0 spiro atoms. The standard InChI is InChI=1S/C45H35NO14/c1-3-40(47)56-27-54-35-14-6-31(7-15-35)43(50)58-37-18-10-30(11-19-37)42(49)53-24-23-29-5-22-39(34(25-29)26-46)60-45(52)33-12-20-38(21-13-33)59-44(51)32-8-16-36(17-9-32)55-28-57-41(48)4-2/h3-22,25-26,46H,1-2,23-24,27-28H2. The van der Waals surface area contributed by atoms with Crippen molar-refractivity contribution >= 4 is 42.0 Å². The lowest BCUT2D eigenvalue weighted by molar-refractivity contribution is -0.145. The van der Waals surface area contributed by atoms with Crippen LogP contribution in [0.25, 0.3) is 0 Å². The van der Waals surface area contributed by atoms with Gasteiger partial charge in [-0.25, -0.2) is 28.8 Å². The van der Waals surface area contributed by atoms with E-state index in [0.717, 1.165) is 18.4 Å². The zero-order chi connectivity index (χ0) is 42.9. The molecular formula is C45H35NO14. The highest BCUT2D eigenvalue weighted by Gasteiger charge is 2.16. The Morgan fingerprint density at radius 3 is 1.30 bits per heavy atom. The highest BCUT2D eigenvalue weighted by atomic mass is 16.7. The molecule has 0 unspecified atom stereocenters. The van der Waals surface area contributed by atoms with Crippen molar-refractivity contribution < 1.29 is 66.7 Å². The van der Waals surface area contributed by atoms with Crippen LogP contribution in [0.4, 0.5) is 0 Å². The van der Waals surface area contributed by atoms with Gasteiger partial charge in [-0.1, -0.05) is 19.2 Å². The summed E-state index contributed by atoms with van der Waals surface area (Å²) >= 11 is 0. The quantitative estimate of drug-likeness (QED) is 0.0226. The Hall–Kier alpha value is -8.33. The van der Waals surface area contributed by atoms with Gasteiger partial charge in [0.2, 0.25) is 13.6 Å². The second-order valence-electron chi connectivity index (χ2n) is 12.0. The number of rotatable bonds is 19. The summed E-state index contributed by atoms with van der Waals surface area (Å²) in [5.41, 5.74) is 1.87. The fraction of sp³-hybridized carbons (Fsp3) is 0.0889. The van der Waals surface area contributed by atoms with Gasteiger partial charge in [0.15, 0.2) is 0 Å². The number of carbonyl (C=O) groups excluding carboxylic acids is 6. The maximum atomic E-state index is 12.9. The first-order valence-corrected chi connectivity index (χ1v) is 17.8. The number of carbonyl (C=O) groups is 6. The molecule has 0 saturated carbocycles. The van der Waals surface area contributed by atoms with Gasteiger partial charge in [0.25, 0.3) is 0 Å². The minimum atomic E-state index is -0.709. The van der Waals surface area contributed by atoms with E-state index in [-0.39, 0.29) is 59.7 Å². The molecule has 304 valence electrons. The van der Waals surface area contributed by atoms with E-state index in [1.54, 1.807) is 12.1 Å². The molecule has 5 aromatic rings. The van der Waals surface area contributed by atoms with Crippen LogP contribution < -0.4 is 23.7 Å². The number of esters is 6. The van der Waals surface area contributed by atoms with Gasteiger partial charge in [0, 0.05) is 30.4 Å². The van der Waals surface area contributed by atoms with E-state index in [2.05, 4.69) is 13.2 Å². The van der Waals surface area contributed by atoms with Crippen LogP contribution in [0, 0.1) is 5.41 Å². The zero-order valence-corrected chi connectivity index (χ0v) is 31.7. The normalized spacial score (nSPS) is 10.2. The van der Waals surface area contributed by atoms with Crippen LogP contribution >= 0.6 is 0 Å². The molecule has 5 rings (SSSR count). The first-order chi connectivity index (χ1) is 29.0. The Kier molecular flexibility index (Phi) is 15.2. The van der Waals surface area contributed by atoms with Crippen molar-refractivity contribution in [2.75, 3.05) is 20.2 Å². The molecular weight excluding hydrogens is 778 g/mol. The minimum absolute atomic E-state index is 0.00815. The van der Waals surface area contributed by atoms with Crippen LogP contribution in [-0.2, 0) is 30.2 Å². The van der Waals surface area contributed by atoms with Crippen LogP contribution in [0.1, 0.15) is 52.6 Å². The topological polar surface area (TPSA) is 200 Å². The summed E-state index contributed by atoms with van der Waals surface area (Å²) in [5, 5.41) is 7.84. The van der Waals surface area contributed by atoms with E-state index in [9.17, 15) is 28.8 Å². The third kappa shape index (κ3) is 12.6. The molecule has 0 atom stereocenters. The van der Waals surface area contributed by atoms with Crippen molar-refractivity contribution in [2.24, 2.45) is 0 Å². The van der Waals surface area contributed by atoms with Crippen molar-refractivity contribution in [1.82, 2.24) is 0 Å². The van der Waals surface area contributed by atoms with Gasteiger partial charge in [0.1, 0.15) is 28.7 Å². The smallest absolute Gasteiger partial charge is 0.343 e. The van der Waals surface area contributed by atoms with Crippen molar-refractivity contribution in [3.8, 4) is 28.7 Å². The van der Waals surface area contributed by atoms with Gasteiger partial charge < -0.3 is 43.3 Å². The Morgan fingerprint density at radius 2 is 0.883 bits per heavy atom. The number of hydrogen-bond donors (Lipinski definition) is 1. The van der Waals surface area contributed by atoms with Crippen LogP contribution in [0.15, 0.2) is 141 Å². The van der Waals surface area contributed by atoms with Gasteiger partial charge in [-0.05, 0) is 115 Å². The third-order valence-electron chi connectivity index (χ3n) is 8.02. The number of ether oxygens (including phenoxy) is 8. The summed E-state index contributed by atoms with van der Waals surface area (Å²) in [5.74, 6) is -2.64.